The zero-order chi connectivity index (χ0) is 21.0. The van der Waals surface area contributed by atoms with Gasteiger partial charge in [0.1, 0.15) is 0 Å². The lowest BCUT2D eigenvalue weighted by Gasteiger charge is -2.34. The fourth-order valence-electron chi connectivity index (χ4n) is 3.73. The highest BCUT2D eigenvalue weighted by molar-refractivity contribution is 6.30. The van der Waals surface area contributed by atoms with E-state index in [1.807, 2.05) is 18.2 Å². The molecule has 0 spiro atoms. The Kier molecular flexibility index (Phi) is 10.2. The minimum atomic E-state index is 0.175. The Morgan fingerprint density at radius 3 is 2.87 bits per heavy atom. The maximum absolute atomic E-state index is 6.26. The summed E-state index contributed by atoms with van der Waals surface area (Å²) < 4.78 is 16.7. The van der Waals surface area contributed by atoms with Gasteiger partial charge in [-0.25, -0.2) is 0 Å². The van der Waals surface area contributed by atoms with Crippen LogP contribution in [0.4, 0.5) is 0 Å². The summed E-state index contributed by atoms with van der Waals surface area (Å²) in [6, 6.07) is 8.27. The fourth-order valence-corrected chi connectivity index (χ4v) is 3.93. The maximum atomic E-state index is 6.26. The minimum Gasteiger partial charge on any atom is -0.379 e. The molecule has 8 heteroatoms. The molecule has 2 aliphatic rings. The molecule has 7 nitrogen and oxygen atoms in total. The fraction of sp³-hybridized carbons (Fsp3) is 0.682. The molecule has 0 aromatic heterocycles. The Hall–Kier alpha value is -1.38. The molecule has 2 heterocycles. The van der Waals surface area contributed by atoms with Gasteiger partial charge in [0, 0.05) is 44.4 Å². The predicted octanol–water partition coefficient (Wildman–Crippen LogP) is 2.46. The van der Waals surface area contributed by atoms with E-state index < -0.39 is 0 Å². The summed E-state index contributed by atoms with van der Waals surface area (Å²) in [5.74, 6) is 0.835. The second-order valence-electron chi connectivity index (χ2n) is 7.58. The molecular formula is C22H35ClN4O3. The number of morpholine rings is 1. The van der Waals surface area contributed by atoms with Gasteiger partial charge in [0.15, 0.2) is 5.96 Å². The van der Waals surface area contributed by atoms with E-state index in [1.165, 1.54) is 5.56 Å². The van der Waals surface area contributed by atoms with Gasteiger partial charge in [0.05, 0.1) is 38.5 Å². The van der Waals surface area contributed by atoms with E-state index in [0.29, 0.717) is 6.54 Å². The molecule has 2 saturated heterocycles. The third-order valence-electron chi connectivity index (χ3n) is 5.34. The van der Waals surface area contributed by atoms with Crippen LogP contribution in [0.1, 0.15) is 31.4 Å². The molecule has 2 aliphatic heterocycles. The Balaban J connectivity index is 1.54. The van der Waals surface area contributed by atoms with E-state index in [-0.39, 0.29) is 12.1 Å². The maximum Gasteiger partial charge on any atom is 0.191 e. The Morgan fingerprint density at radius 1 is 1.27 bits per heavy atom. The second kappa shape index (κ2) is 13.1. The van der Waals surface area contributed by atoms with Crippen molar-refractivity contribution >= 4 is 17.6 Å². The number of rotatable bonds is 10. The van der Waals surface area contributed by atoms with Gasteiger partial charge in [-0.3, -0.25) is 9.89 Å². The smallest absolute Gasteiger partial charge is 0.191 e. The first-order chi connectivity index (χ1) is 14.8. The third-order valence-corrected chi connectivity index (χ3v) is 5.58. The van der Waals surface area contributed by atoms with Crippen molar-refractivity contribution in [3.8, 4) is 0 Å². The highest BCUT2D eigenvalue weighted by Crippen LogP contribution is 2.24. The Morgan fingerprint density at radius 2 is 2.13 bits per heavy atom. The predicted molar refractivity (Wildman–Crippen MR) is 120 cm³/mol. The normalized spacial score (nSPS) is 21.5. The Labute approximate surface area is 185 Å². The summed E-state index contributed by atoms with van der Waals surface area (Å²) >= 11 is 6.26. The number of guanidine groups is 1. The van der Waals surface area contributed by atoms with Crippen LogP contribution < -0.4 is 10.6 Å². The topological polar surface area (TPSA) is 67.4 Å². The largest absolute Gasteiger partial charge is 0.379 e. The van der Waals surface area contributed by atoms with Crippen molar-refractivity contribution in [3.05, 3.63) is 34.9 Å². The molecule has 2 fully saturated rings. The third kappa shape index (κ3) is 7.71. The summed E-state index contributed by atoms with van der Waals surface area (Å²) in [7, 11) is 0. The van der Waals surface area contributed by atoms with E-state index >= 15 is 0 Å². The molecule has 3 rings (SSSR count). The number of halogens is 1. The average molecular weight is 439 g/mol. The Bertz CT molecular complexity index is 649. The van der Waals surface area contributed by atoms with Crippen LogP contribution in [0.2, 0.25) is 5.02 Å². The van der Waals surface area contributed by atoms with E-state index in [1.54, 1.807) is 0 Å². The van der Waals surface area contributed by atoms with Gasteiger partial charge in [-0.05, 0) is 37.5 Å². The van der Waals surface area contributed by atoms with Crippen molar-refractivity contribution in [2.45, 2.75) is 31.9 Å². The van der Waals surface area contributed by atoms with E-state index in [9.17, 15) is 0 Å². The van der Waals surface area contributed by atoms with Crippen molar-refractivity contribution in [1.82, 2.24) is 15.5 Å². The molecule has 0 aliphatic carbocycles. The molecule has 30 heavy (non-hydrogen) atoms. The SMILES string of the molecule is CCNC(=NCC(c1cccc(Cl)c1)N1CCOCC1)NCCCOC1CCOC1. The van der Waals surface area contributed by atoms with Gasteiger partial charge in [-0.1, -0.05) is 23.7 Å². The monoisotopic (exact) mass is 438 g/mol. The number of ether oxygens (including phenoxy) is 3. The van der Waals surface area contributed by atoms with Gasteiger partial charge in [0.25, 0.3) is 0 Å². The van der Waals surface area contributed by atoms with E-state index in [0.717, 1.165) is 83.0 Å². The van der Waals surface area contributed by atoms with Crippen molar-refractivity contribution in [2.75, 3.05) is 65.8 Å². The number of aliphatic imine (C=N–C) groups is 1. The number of hydrogen-bond acceptors (Lipinski definition) is 5. The van der Waals surface area contributed by atoms with Crippen LogP contribution in [-0.4, -0.2) is 82.7 Å². The van der Waals surface area contributed by atoms with Crippen LogP contribution in [0.25, 0.3) is 0 Å². The quantitative estimate of drug-likeness (QED) is 0.332. The first-order valence-corrected chi connectivity index (χ1v) is 11.4. The van der Waals surface area contributed by atoms with Crippen molar-refractivity contribution < 1.29 is 14.2 Å². The van der Waals surface area contributed by atoms with Gasteiger partial charge >= 0.3 is 0 Å². The van der Waals surface area contributed by atoms with Crippen LogP contribution in [0, 0.1) is 0 Å². The summed E-state index contributed by atoms with van der Waals surface area (Å²) in [6.07, 6.45) is 2.20. The molecule has 2 N–H and O–H groups in total. The van der Waals surface area contributed by atoms with Gasteiger partial charge < -0.3 is 24.8 Å². The second-order valence-corrected chi connectivity index (χ2v) is 8.01. The molecule has 2 atom stereocenters. The van der Waals surface area contributed by atoms with Crippen molar-refractivity contribution in [1.29, 1.82) is 0 Å². The standard InChI is InChI=1S/C22H35ClN4O3/c1-2-24-22(25-8-4-11-30-20-7-12-29-17-20)26-16-21(27-9-13-28-14-10-27)18-5-3-6-19(23)15-18/h3,5-6,15,20-21H,2,4,7-14,16-17H2,1H3,(H2,24,25,26). The van der Waals surface area contributed by atoms with Crippen LogP contribution in [-0.2, 0) is 14.2 Å². The number of nitrogens with zero attached hydrogens (tertiary/aromatic N) is 2. The highest BCUT2D eigenvalue weighted by Gasteiger charge is 2.23. The molecule has 1 aromatic rings. The average Bonchev–Trinajstić information content (AvgIpc) is 3.28. The summed E-state index contributed by atoms with van der Waals surface area (Å²) in [5, 5.41) is 7.53. The molecule has 2 unspecified atom stereocenters. The molecule has 1 aromatic carbocycles. The lowest BCUT2D eigenvalue weighted by molar-refractivity contribution is 0.0179. The molecule has 0 saturated carbocycles. The molecule has 0 amide bonds. The van der Waals surface area contributed by atoms with E-state index in [2.05, 4.69) is 28.5 Å². The first-order valence-electron chi connectivity index (χ1n) is 11.0. The van der Waals surface area contributed by atoms with Crippen LogP contribution in [0.15, 0.2) is 29.3 Å². The van der Waals surface area contributed by atoms with Crippen molar-refractivity contribution in [2.24, 2.45) is 4.99 Å². The molecule has 0 radical (unpaired) electrons. The van der Waals surface area contributed by atoms with Crippen LogP contribution in [0.5, 0.6) is 0 Å². The van der Waals surface area contributed by atoms with Crippen LogP contribution >= 0.6 is 11.6 Å². The number of hydrogen-bond donors (Lipinski definition) is 2. The summed E-state index contributed by atoms with van der Waals surface area (Å²) in [4.78, 5) is 7.31. The van der Waals surface area contributed by atoms with Crippen molar-refractivity contribution in [3.63, 3.8) is 0 Å². The first kappa shape index (κ1) is 23.3. The molecule has 168 valence electrons. The summed E-state index contributed by atoms with van der Waals surface area (Å²) in [5.41, 5.74) is 1.19. The zero-order valence-electron chi connectivity index (χ0n) is 17.9. The van der Waals surface area contributed by atoms with Gasteiger partial charge in [-0.2, -0.15) is 0 Å². The lowest BCUT2D eigenvalue weighted by Crippen LogP contribution is -2.42. The lowest BCUT2D eigenvalue weighted by atomic mass is 10.0. The van der Waals surface area contributed by atoms with Crippen LogP contribution in [0.3, 0.4) is 0 Å². The number of nitrogens with one attached hydrogen (secondary N) is 2. The highest BCUT2D eigenvalue weighted by atomic mass is 35.5. The molecule has 0 bridgehead atoms. The van der Waals surface area contributed by atoms with E-state index in [4.69, 9.17) is 30.8 Å². The minimum absolute atomic E-state index is 0.175. The van der Waals surface area contributed by atoms with Gasteiger partial charge in [-0.15, -0.1) is 0 Å². The zero-order valence-corrected chi connectivity index (χ0v) is 18.7. The number of benzene rings is 1. The molecular weight excluding hydrogens is 404 g/mol. The van der Waals surface area contributed by atoms with Gasteiger partial charge in [0.2, 0.25) is 0 Å². The summed E-state index contributed by atoms with van der Waals surface area (Å²) in [6.45, 7) is 9.97.